The number of pyridine rings is 1. The number of rotatable bonds is 4. The first-order chi connectivity index (χ1) is 12.3. The lowest BCUT2D eigenvalue weighted by Crippen LogP contribution is -2.37. The number of aromatic nitrogens is 3. The average molecular weight is 338 g/mol. The first-order valence-electron chi connectivity index (χ1n) is 8.31. The molecule has 1 saturated heterocycles. The molecule has 3 heterocycles. The van der Waals surface area contributed by atoms with E-state index in [1.54, 1.807) is 12.3 Å². The van der Waals surface area contributed by atoms with Gasteiger partial charge >= 0.3 is 0 Å². The second kappa shape index (κ2) is 7.13. The van der Waals surface area contributed by atoms with Gasteiger partial charge in [-0.25, -0.2) is 4.39 Å². The molecule has 0 saturated carbocycles. The van der Waals surface area contributed by atoms with Crippen molar-refractivity contribution >= 4 is 0 Å². The van der Waals surface area contributed by atoms with Crippen LogP contribution in [0.25, 0.3) is 11.3 Å². The Balaban J connectivity index is 1.50. The summed E-state index contributed by atoms with van der Waals surface area (Å²) in [5.74, 6) is -0.249. The third-order valence-corrected chi connectivity index (χ3v) is 4.43. The molecule has 0 bridgehead atoms. The standard InChI is InChI=1S/C19H19FN4O/c20-17-5-1-3-14(9-17)19-16(11-22-23-19)12-24-7-8-25-18(13-24)15-4-2-6-21-10-15/h1-6,9-11,18H,7-8,12-13H2,(H,22,23). The van der Waals surface area contributed by atoms with Crippen molar-refractivity contribution in [1.82, 2.24) is 20.1 Å². The van der Waals surface area contributed by atoms with Gasteiger partial charge in [-0.15, -0.1) is 0 Å². The number of nitrogens with one attached hydrogen (secondary N) is 1. The highest BCUT2D eigenvalue weighted by Gasteiger charge is 2.23. The molecule has 5 nitrogen and oxygen atoms in total. The van der Waals surface area contributed by atoms with Crippen LogP contribution in [0.2, 0.25) is 0 Å². The number of aromatic amines is 1. The van der Waals surface area contributed by atoms with Crippen molar-refractivity contribution in [2.45, 2.75) is 12.6 Å². The second-order valence-corrected chi connectivity index (χ2v) is 6.16. The van der Waals surface area contributed by atoms with Gasteiger partial charge in [0.1, 0.15) is 5.82 Å². The largest absolute Gasteiger partial charge is 0.371 e. The average Bonchev–Trinajstić information content (AvgIpc) is 3.11. The van der Waals surface area contributed by atoms with Crippen LogP contribution in [0.5, 0.6) is 0 Å². The van der Waals surface area contributed by atoms with E-state index in [0.29, 0.717) is 6.61 Å². The zero-order valence-corrected chi connectivity index (χ0v) is 13.7. The molecular weight excluding hydrogens is 319 g/mol. The highest BCUT2D eigenvalue weighted by atomic mass is 19.1. The van der Waals surface area contributed by atoms with Crippen LogP contribution in [0.15, 0.2) is 55.0 Å². The highest BCUT2D eigenvalue weighted by Crippen LogP contribution is 2.26. The third kappa shape index (κ3) is 3.60. The summed E-state index contributed by atoms with van der Waals surface area (Å²) in [6.07, 6.45) is 5.45. The Morgan fingerprint density at radius 3 is 3.04 bits per heavy atom. The van der Waals surface area contributed by atoms with Gasteiger partial charge in [0.15, 0.2) is 0 Å². The van der Waals surface area contributed by atoms with Gasteiger partial charge in [0, 0.05) is 48.7 Å². The van der Waals surface area contributed by atoms with Gasteiger partial charge in [-0.1, -0.05) is 18.2 Å². The number of ether oxygens (including phenoxy) is 1. The Kier molecular flexibility index (Phi) is 4.54. The van der Waals surface area contributed by atoms with E-state index in [-0.39, 0.29) is 11.9 Å². The van der Waals surface area contributed by atoms with Gasteiger partial charge in [0.05, 0.1) is 24.6 Å². The maximum atomic E-state index is 13.5. The maximum Gasteiger partial charge on any atom is 0.123 e. The predicted octanol–water partition coefficient (Wildman–Crippen LogP) is 3.18. The zero-order valence-electron chi connectivity index (χ0n) is 13.7. The zero-order chi connectivity index (χ0) is 17.1. The van der Waals surface area contributed by atoms with Gasteiger partial charge in [-0.3, -0.25) is 15.0 Å². The van der Waals surface area contributed by atoms with Crippen molar-refractivity contribution < 1.29 is 9.13 Å². The molecule has 6 heteroatoms. The summed E-state index contributed by atoms with van der Waals surface area (Å²) in [5, 5.41) is 7.15. The number of hydrogen-bond acceptors (Lipinski definition) is 4. The summed E-state index contributed by atoms with van der Waals surface area (Å²) in [5.41, 5.74) is 3.82. The van der Waals surface area contributed by atoms with Crippen molar-refractivity contribution in [3.63, 3.8) is 0 Å². The van der Waals surface area contributed by atoms with E-state index in [1.165, 1.54) is 12.1 Å². The van der Waals surface area contributed by atoms with Crippen LogP contribution in [0.1, 0.15) is 17.2 Å². The molecule has 2 aromatic heterocycles. The lowest BCUT2D eigenvalue weighted by molar-refractivity contribution is -0.0330. The summed E-state index contributed by atoms with van der Waals surface area (Å²) < 4.78 is 19.4. The Hall–Kier alpha value is -2.57. The number of nitrogens with zero attached hydrogens (tertiary/aromatic N) is 3. The minimum atomic E-state index is -0.249. The van der Waals surface area contributed by atoms with E-state index in [0.717, 1.165) is 42.0 Å². The number of benzene rings is 1. The summed E-state index contributed by atoms with van der Waals surface area (Å²) in [4.78, 5) is 6.50. The monoisotopic (exact) mass is 338 g/mol. The highest BCUT2D eigenvalue weighted by molar-refractivity contribution is 5.62. The first-order valence-corrected chi connectivity index (χ1v) is 8.31. The summed E-state index contributed by atoms with van der Waals surface area (Å²) in [6.45, 7) is 3.05. The molecule has 1 atom stereocenters. The Morgan fingerprint density at radius 2 is 2.20 bits per heavy atom. The van der Waals surface area contributed by atoms with Crippen LogP contribution in [0.3, 0.4) is 0 Å². The summed E-state index contributed by atoms with van der Waals surface area (Å²) >= 11 is 0. The summed E-state index contributed by atoms with van der Waals surface area (Å²) in [6, 6.07) is 10.5. The van der Waals surface area contributed by atoms with Crippen LogP contribution >= 0.6 is 0 Å². The quantitative estimate of drug-likeness (QED) is 0.794. The lowest BCUT2D eigenvalue weighted by atomic mass is 10.1. The number of morpholine rings is 1. The smallest absolute Gasteiger partial charge is 0.123 e. The maximum absolute atomic E-state index is 13.5. The van der Waals surface area contributed by atoms with E-state index in [9.17, 15) is 4.39 Å². The van der Waals surface area contributed by atoms with Crippen LogP contribution < -0.4 is 0 Å². The van der Waals surface area contributed by atoms with Gasteiger partial charge in [0.2, 0.25) is 0 Å². The molecule has 0 spiro atoms. The number of halogens is 1. The molecule has 1 aliphatic heterocycles. The molecule has 0 amide bonds. The Labute approximate surface area is 145 Å². The molecule has 128 valence electrons. The van der Waals surface area contributed by atoms with Gasteiger partial charge in [0.25, 0.3) is 0 Å². The molecule has 1 fully saturated rings. The van der Waals surface area contributed by atoms with Crippen molar-refractivity contribution in [2.75, 3.05) is 19.7 Å². The number of H-pyrrole nitrogens is 1. The second-order valence-electron chi connectivity index (χ2n) is 6.16. The SMILES string of the molecule is Fc1cccc(-c2[nH]ncc2CN2CCOC(c3cccnc3)C2)c1. The molecule has 1 aromatic carbocycles. The van der Waals surface area contributed by atoms with Crippen molar-refractivity contribution in [3.8, 4) is 11.3 Å². The molecule has 1 unspecified atom stereocenters. The molecular formula is C19H19FN4O. The Bertz CT molecular complexity index is 836. The van der Waals surface area contributed by atoms with Gasteiger partial charge in [-0.2, -0.15) is 5.10 Å². The Morgan fingerprint density at radius 1 is 1.24 bits per heavy atom. The van der Waals surface area contributed by atoms with Crippen molar-refractivity contribution in [1.29, 1.82) is 0 Å². The minimum absolute atomic E-state index is 0.0203. The minimum Gasteiger partial charge on any atom is -0.371 e. The fourth-order valence-corrected chi connectivity index (χ4v) is 3.18. The van der Waals surface area contributed by atoms with E-state index in [4.69, 9.17) is 4.74 Å². The predicted molar refractivity (Wildman–Crippen MR) is 92.2 cm³/mol. The molecule has 25 heavy (non-hydrogen) atoms. The van der Waals surface area contributed by atoms with Crippen LogP contribution in [-0.2, 0) is 11.3 Å². The fraction of sp³-hybridized carbons (Fsp3) is 0.263. The lowest BCUT2D eigenvalue weighted by Gasteiger charge is -2.33. The third-order valence-electron chi connectivity index (χ3n) is 4.43. The number of hydrogen-bond donors (Lipinski definition) is 1. The van der Waals surface area contributed by atoms with Gasteiger partial charge < -0.3 is 4.74 Å². The van der Waals surface area contributed by atoms with Crippen LogP contribution in [0, 0.1) is 5.82 Å². The van der Waals surface area contributed by atoms with Crippen molar-refractivity contribution in [2.24, 2.45) is 0 Å². The van der Waals surface area contributed by atoms with E-state index in [2.05, 4.69) is 20.1 Å². The summed E-state index contributed by atoms with van der Waals surface area (Å²) in [7, 11) is 0. The fourth-order valence-electron chi connectivity index (χ4n) is 3.18. The first kappa shape index (κ1) is 15.9. The molecule has 0 aliphatic carbocycles. The van der Waals surface area contributed by atoms with E-state index in [1.807, 2.05) is 30.6 Å². The van der Waals surface area contributed by atoms with Crippen LogP contribution in [0.4, 0.5) is 4.39 Å². The van der Waals surface area contributed by atoms with E-state index >= 15 is 0 Å². The molecule has 4 rings (SSSR count). The normalized spacial score (nSPS) is 18.4. The topological polar surface area (TPSA) is 54.0 Å². The molecule has 1 aliphatic rings. The van der Waals surface area contributed by atoms with Crippen LogP contribution in [-0.4, -0.2) is 39.8 Å². The molecule has 3 aromatic rings. The molecule has 1 N–H and O–H groups in total. The van der Waals surface area contributed by atoms with E-state index < -0.39 is 0 Å². The van der Waals surface area contributed by atoms with Gasteiger partial charge in [-0.05, 0) is 18.2 Å². The van der Waals surface area contributed by atoms with Crippen molar-refractivity contribution in [3.05, 3.63) is 71.9 Å². The molecule has 0 radical (unpaired) electrons.